The minimum absolute atomic E-state index is 0.208. The number of carbonyl (C=O) groups excluding carboxylic acids is 1. The van der Waals surface area contributed by atoms with E-state index in [9.17, 15) is 9.59 Å². The first-order chi connectivity index (χ1) is 8.56. The zero-order chi connectivity index (χ0) is 13.1. The Kier molecular flexibility index (Phi) is 3.27. The summed E-state index contributed by atoms with van der Waals surface area (Å²) >= 11 is 0. The monoisotopic (exact) mass is 246 g/mol. The maximum Gasteiger partial charge on any atom is 0.323 e. The van der Waals surface area contributed by atoms with E-state index in [4.69, 9.17) is 0 Å². The second kappa shape index (κ2) is 4.87. The van der Waals surface area contributed by atoms with E-state index in [2.05, 4.69) is 20.3 Å². The van der Waals surface area contributed by atoms with Crippen LogP contribution in [0.25, 0.3) is 0 Å². The van der Waals surface area contributed by atoms with Crippen molar-refractivity contribution >= 4 is 5.91 Å². The van der Waals surface area contributed by atoms with E-state index in [0.717, 1.165) is 11.4 Å². The highest BCUT2D eigenvalue weighted by Gasteiger charge is 2.13. The first-order valence-corrected chi connectivity index (χ1v) is 5.58. The molecule has 0 bridgehead atoms. The van der Waals surface area contributed by atoms with Gasteiger partial charge in [-0.2, -0.15) is 0 Å². The molecule has 0 aliphatic rings. The van der Waals surface area contributed by atoms with Crippen LogP contribution < -0.4 is 11.0 Å². The van der Waals surface area contributed by atoms with Crippen LogP contribution in [0.1, 0.15) is 34.8 Å². The Morgan fingerprint density at radius 2 is 2.22 bits per heavy atom. The summed E-state index contributed by atoms with van der Waals surface area (Å²) in [6.07, 6.45) is 1.34. The van der Waals surface area contributed by atoms with Crippen molar-refractivity contribution in [1.29, 1.82) is 0 Å². The third kappa shape index (κ3) is 2.65. The fourth-order valence-electron chi connectivity index (χ4n) is 1.61. The van der Waals surface area contributed by atoms with Gasteiger partial charge in [0, 0.05) is 11.9 Å². The minimum Gasteiger partial charge on any atom is -0.343 e. The van der Waals surface area contributed by atoms with Crippen molar-refractivity contribution in [2.45, 2.75) is 19.9 Å². The summed E-state index contributed by atoms with van der Waals surface area (Å²) in [7, 11) is 0. The molecule has 6 nitrogen and oxygen atoms in total. The van der Waals surface area contributed by atoms with E-state index in [0.29, 0.717) is 0 Å². The van der Waals surface area contributed by atoms with E-state index in [1.807, 2.05) is 32.0 Å². The summed E-state index contributed by atoms with van der Waals surface area (Å²) in [5.41, 5.74) is 1.48. The van der Waals surface area contributed by atoms with Crippen LogP contribution in [0.5, 0.6) is 0 Å². The van der Waals surface area contributed by atoms with Gasteiger partial charge in [-0.15, -0.1) is 0 Å². The van der Waals surface area contributed by atoms with Gasteiger partial charge in [-0.25, -0.2) is 4.79 Å². The number of aryl methyl sites for hydroxylation is 1. The van der Waals surface area contributed by atoms with Crippen LogP contribution >= 0.6 is 0 Å². The Morgan fingerprint density at radius 3 is 2.83 bits per heavy atom. The number of nitrogens with zero attached hydrogens (tertiary/aromatic N) is 1. The van der Waals surface area contributed by atoms with E-state index >= 15 is 0 Å². The van der Waals surface area contributed by atoms with E-state index in [1.165, 1.54) is 6.20 Å². The number of hydrogen-bond donors (Lipinski definition) is 3. The molecule has 1 atom stereocenters. The van der Waals surface area contributed by atoms with Gasteiger partial charge in [0.05, 0.1) is 11.7 Å². The summed E-state index contributed by atoms with van der Waals surface area (Å²) in [5.74, 6) is -0.343. The highest BCUT2D eigenvalue weighted by atomic mass is 16.2. The van der Waals surface area contributed by atoms with Gasteiger partial charge in [0.1, 0.15) is 5.69 Å². The fraction of sp³-hybridized carbons (Fsp3) is 0.250. The molecule has 6 heteroatoms. The molecule has 0 saturated heterocycles. The summed E-state index contributed by atoms with van der Waals surface area (Å²) in [6, 6.07) is 5.40. The summed E-state index contributed by atoms with van der Waals surface area (Å²) in [4.78, 5) is 31.8. The van der Waals surface area contributed by atoms with Gasteiger partial charge < -0.3 is 15.3 Å². The number of H-pyrrole nitrogens is 2. The van der Waals surface area contributed by atoms with Crippen LogP contribution in [0.15, 0.2) is 29.2 Å². The molecule has 3 N–H and O–H groups in total. The number of aromatic amines is 2. The van der Waals surface area contributed by atoms with Crippen LogP contribution in [0, 0.1) is 6.92 Å². The van der Waals surface area contributed by atoms with Crippen molar-refractivity contribution in [2.75, 3.05) is 0 Å². The second-order valence-electron chi connectivity index (χ2n) is 4.06. The van der Waals surface area contributed by atoms with Gasteiger partial charge in [-0.05, 0) is 26.0 Å². The number of aromatic nitrogens is 3. The molecule has 2 aromatic heterocycles. The Bertz CT molecular complexity index is 614. The summed E-state index contributed by atoms with van der Waals surface area (Å²) in [6.45, 7) is 3.73. The molecule has 2 aromatic rings. The zero-order valence-corrected chi connectivity index (χ0v) is 10.2. The molecule has 0 radical (unpaired) electrons. The van der Waals surface area contributed by atoms with Crippen LogP contribution in [-0.4, -0.2) is 20.9 Å². The molecular formula is C12H14N4O2. The summed E-state index contributed by atoms with van der Waals surface area (Å²) in [5, 5.41) is 2.76. The van der Waals surface area contributed by atoms with Crippen molar-refractivity contribution in [1.82, 2.24) is 20.3 Å². The summed E-state index contributed by atoms with van der Waals surface area (Å²) < 4.78 is 0. The Morgan fingerprint density at radius 1 is 1.44 bits per heavy atom. The lowest BCUT2D eigenvalue weighted by atomic mass is 10.2. The average Bonchev–Trinajstić information content (AvgIpc) is 2.76. The average molecular weight is 246 g/mol. The lowest BCUT2D eigenvalue weighted by molar-refractivity contribution is 0.0934. The van der Waals surface area contributed by atoms with Gasteiger partial charge in [-0.3, -0.25) is 9.78 Å². The largest absolute Gasteiger partial charge is 0.343 e. The number of carbonyl (C=O) groups is 1. The molecule has 1 amide bonds. The minimum atomic E-state index is -0.401. The van der Waals surface area contributed by atoms with Crippen LogP contribution in [0.4, 0.5) is 0 Å². The molecule has 94 valence electrons. The maximum absolute atomic E-state index is 11.8. The Balaban J connectivity index is 2.10. The Hall–Kier alpha value is -2.37. The fourth-order valence-corrected chi connectivity index (χ4v) is 1.61. The second-order valence-corrected chi connectivity index (χ2v) is 4.06. The first kappa shape index (κ1) is 12.1. The maximum atomic E-state index is 11.8. The van der Waals surface area contributed by atoms with Crippen LogP contribution in [0.2, 0.25) is 0 Å². The highest BCUT2D eigenvalue weighted by Crippen LogP contribution is 2.10. The number of pyridine rings is 1. The smallest absolute Gasteiger partial charge is 0.323 e. The first-order valence-electron chi connectivity index (χ1n) is 5.58. The molecule has 2 heterocycles. The van der Waals surface area contributed by atoms with E-state index < -0.39 is 5.69 Å². The number of nitrogens with one attached hydrogen (secondary N) is 3. The standard InChI is InChI=1S/C12H14N4O2/c1-7-4-3-5-9(14-7)8(2)15-11(17)10-6-13-12(18)16-10/h3-6,8H,1-2H3,(H,15,17)(H2,13,16,18)/t8-/m1/s1. The van der Waals surface area contributed by atoms with Crippen LogP contribution in [0.3, 0.4) is 0 Å². The van der Waals surface area contributed by atoms with Crippen molar-refractivity contribution in [3.05, 3.63) is 52.0 Å². The predicted molar refractivity (Wildman–Crippen MR) is 66.3 cm³/mol. The van der Waals surface area contributed by atoms with Crippen molar-refractivity contribution < 1.29 is 4.79 Å². The third-order valence-corrected chi connectivity index (χ3v) is 2.54. The van der Waals surface area contributed by atoms with Crippen molar-refractivity contribution in [3.63, 3.8) is 0 Å². The number of rotatable bonds is 3. The molecular weight excluding hydrogens is 232 g/mol. The molecule has 0 fully saturated rings. The SMILES string of the molecule is Cc1cccc([C@@H](C)NC(=O)c2c[nH]c(=O)[nH]2)n1. The van der Waals surface area contributed by atoms with Crippen molar-refractivity contribution in [3.8, 4) is 0 Å². The lowest BCUT2D eigenvalue weighted by Gasteiger charge is -2.12. The molecule has 2 rings (SSSR count). The third-order valence-electron chi connectivity index (χ3n) is 2.54. The molecule has 0 aliphatic carbocycles. The predicted octanol–water partition coefficient (Wildman–Crippen LogP) is 0.897. The normalized spacial score (nSPS) is 12.1. The molecule has 0 saturated carbocycles. The van der Waals surface area contributed by atoms with E-state index in [1.54, 1.807) is 0 Å². The zero-order valence-electron chi connectivity index (χ0n) is 10.2. The van der Waals surface area contributed by atoms with E-state index in [-0.39, 0.29) is 17.6 Å². The van der Waals surface area contributed by atoms with Crippen LogP contribution in [-0.2, 0) is 0 Å². The number of hydrogen-bond acceptors (Lipinski definition) is 3. The Labute approximate surface area is 103 Å². The number of imidazole rings is 1. The molecule has 0 unspecified atom stereocenters. The lowest BCUT2D eigenvalue weighted by Crippen LogP contribution is -2.28. The van der Waals surface area contributed by atoms with Gasteiger partial charge in [-0.1, -0.05) is 6.07 Å². The molecule has 0 spiro atoms. The topological polar surface area (TPSA) is 90.6 Å². The van der Waals surface area contributed by atoms with Crippen molar-refractivity contribution in [2.24, 2.45) is 0 Å². The highest BCUT2D eigenvalue weighted by molar-refractivity contribution is 5.92. The van der Waals surface area contributed by atoms with Gasteiger partial charge in [0.25, 0.3) is 5.91 Å². The number of amides is 1. The van der Waals surface area contributed by atoms with Gasteiger partial charge >= 0.3 is 5.69 Å². The van der Waals surface area contributed by atoms with Gasteiger partial charge in [0.2, 0.25) is 0 Å². The molecule has 0 aliphatic heterocycles. The molecule has 0 aromatic carbocycles. The van der Waals surface area contributed by atoms with Gasteiger partial charge in [0.15, 0.2) is 0 Å². The quantitative estimate of drug-likeness (QED) is 0.751. The molecule has 18 heavy (non-hydrogen) atoms.